The van der Waals surface area contributed by atoms with Crippen molar-refractivity contribution in [1.29, 1.82) is 0 Å². The monoisotopic (exact) mass is 392 g/mol. The Hall–Kier alpha value is -3.14. The Morgan fingerprint density at radius 2 is 1.48 bits per heavy atom. The molecule has 0 aliphatic rings. The Labute approximate surface area is 169 Å². The zero-order valence-corrected chi connectivity index (χ0v) is 16.0. The van der Waals surface area contributed by atoms with Crippen molar-refractivity contribution in [3.8, 4) is 71.4 Å². The summed E-state index contributed by atoms with van der Waals surface area (Å²) in [6.07, 6.45) is 15.0. The van der Waals surface area contributed by atoms with E-state index in [2.05, 4.69) is 35.9 Å². The lowest BCUT2D eigenvalue weighted by atomic mass is 9.95. The van der Waals surface area contributed by atoms with Gasteiger partial charge in [-0.25, -0.2) is 0 Å². The molecule has 0 aliphatic carbocycles. The van der Waals surface area contributed by atoms with E-state index in [1.165, 1.54) is 0 Å². The van der Waals surface area contributed by atoms with Gasteiger partial charge in [0.05, 0.1) is 0 Å². The summed E-state index contributed by atoms with van der Waals surface area (Å²) in [5, 5.41) is 0. The molecule has 0 spiro atoms. The fourth-order valence-corrected chi connectivity index (χ4v) is 2.90. The molecule has 0 amide bonds. The first-order valence-corrected chi connectivity index (χ1v) is 8.85. The van der Waals surface area contributed by atoms with Gasteiger partial charge < -0.3 is 9.47 Å². The Balaban J connectivity index is 2.57. The van der Waals surface area contributed by atoms with Crippen LogP contribution in [0.3, 0.4) is 0 Å². The molecule has 0 saturated heterocycles. The van der Waals surface area contributed by atoms with Crippen molar-refractivity contribution in [2.24, 2.45) is 0 Å². The molecule has 2 rings (SSSR count). The van der Waals surface area contributed by atoms with Crippen LogP contribution in [0.25, 0.3) is 11.1 Å². The topological polar surface area (TPSA) is 18.5 Å². The molecule has 2 nitrogen and oxygen atoms in total. The van der Waals surface area contributed by atoms with Gasteiger partial charge in [0.2, 0.25) is 0 Å². The highest BCUT2D eigenvalue weighted by Crippen LogP contribution is 2.35. The van der Waals surface area contributed by atoms with Gasteiger partial charge in [-0.15, -0.1) is 36.0 Å². The van der Waals surface area contributed by atoms with E-state index < -0.39 is 0 Å². The van der Waals surface area contributed by atoms with E-state index in [0.29, 0.717) is 23.3 Å². The number of benzene rings is 2. The van der Waals surface area contributed by atoms with Gasteiger partial charge in [-0.05, 0) is 64.8 Å². The van der Waals surface area contributed by atoms with Gasteiger partial charge in [0.15, 0.2) is 11.5 Å². The maximum Gasteiger partial charge on any atom is 0.184 e. The second kappa shape index (κ2) is 10.1. The number of rotatable bonds is 5. The molecule has 0 N–H and O–H groups in total. The minimum Gasteiger partial charge on any atom is -0.403 e. The van der Waals surface area contributed by atoms with Gasteiger partial charge in [0, 0.05) is 23.6 Å². The second-order valence-electron chi connectivity index (χ2n) is 5.31. The summed E-state index contributed by atoms with van der Waals surface area (Å²) in [4.78, 5) is 0. The van der Waals surface area contributed by atoms with E-state index in [1.807, 2.05) is 25.1 Å². The van der Waals surface area contributed by atoms with E-state index in [4.69, 9.17) is 45.5 Å². The molecule has 0 fully saturated rings. The van der Waals surface area contributed by atoms with Crippen LogP contribution in [0.15, 0.2) is 30.3 Å². The highest BCUT2D eigenvalue weighted by molar-refractivity contribution is 6.18. The molecule has 2 aromatic carbocycles. The lowest BCUT2D eigenvalue weighted by Crippen LogP contribution is -1.95. The van der Waals surface area contributed by atoms with Crippen LogP contribution in [-0.2, 0) is 11.8 Å². The van der Waals surface area contributed by atoms with E-state index in [9.17, 15) is 0 Å². The third-order valence-electron chi connectivity index (χ3n) is 3.67. The van der Waals surface area contributed by atoms with Crippen molar-refractivity contribution in [2.45, 2.75) is 18.7 Å². The molecule has 27 heavy (non-hydrogen) atoms. The molecule has 0 unspecified atom stereocenters. The van der Waals surface area contributed by atoms with Gasteiger partial charge in [0.1, 0.15) is 12.2 Å². The average Bonchev–Trinajstić information content (AvgIpc) is 2.69. The highest BCUT2D eigenvalue weighted by atomic mass is 35.5. The quantitative estimate of drug-likeness (QED) is 0.521. The standard InChI is InChI=1S/C23H14Cl2O2/c1-4-6-10-26-22-9-8-18(14-23(22)27-11-7-5-2)21-13-19(15-24)17(3)12-20(21)16-25/h1-2,8-9,12-14H,15-16H2,3H3. The van der Waals surface area contributed by atoms with Crippen LogP contribution >= 0.6 is 23.2 Å². The fraction of sp³-hybridized carbons (Fsp3) is 0.130. The summed E-state index contributed by atoms with van der Waals surface area (Å²) in [5.74, 6) is 10.6. The lowest BCUT2D eigenvalue weighted by Gasteiger charge is -2.14. The third-order valence-corrected chi connectivity index (χ3v) is 4.25. The predicted octanol–water partition coefficient (Wildman–Crippen LogP) is 5.09. The number of terminal acetylenes is 2. The minimum atomic E-state index is 0.357. The number of hydrogen-bond donors (Lipinski definition) is 0. The molecular formula is C23H14Cl2O2. The summed E-state index contributed by atoms with van der Waals surface area (Å²) in [5.41, 5.74) is 4.90. The number of hydrogen-bond acceptors (Lipinski definition) is 2. The van der Waals surface area contributed by atoms with Gasteiger partial charge in [-0.1, -0.05) is 12.1 Å². The van der Waals surface area contributed by atoms with Crippen LogP contribution in [0.1, 0.15) is 16.7 Å². The number of aryl methyl sites for hydroxylation is 1. The zero-order valence-electron chi connectivity index (χ0n) is 14.5. The van der Waals surface area contributed by atoms with Gasteiger partial charge >= 0.3 is 0 Å². The first-order chi connectivity index (χ1) is 13.1. The summed E-state index contributed by atoms with van der Waals surface area (Å²) in [7, 11) is 0. The lowest BCUT2D eigenvalue weighted by molar-refractivity contribution is 0.452. The molecule has 0 atom stereocenters. The molecule has 0 saturated carbocycles. The Kier molecular flexibility index (Phi) is 7.56. The van der Waals surface area contributed by atoms with Gasteiger partial charge in [-0.2, -0.15) is 0 Å². The van der Waals surface area contributed by atoms with Crippen molar-refractivity contribution in [3.63, 3.8) is 0 Å². The van der Waals surface area contributed by atoms with Crippen LogP contribution in [0.2, 0.25) is 0 Å². The molecule has 0 heterocycles. The van der Waals surface area contributed by atoms with E-state index in [0.717, 1.165) is 27.8 Å². The molecule has 0 aliphatic heterocycles. The van der Waals surface area contributed by atoms with Crippen LogP contribution in [0.5, 0.6) is 11.5 Å². The summed E-state index contributed by atoms with van der Waals surface area (Å²) in [6.45, 7) is 2.00. The Bertz CT molecular complexity index is 1050. The van der Waals surface area contributed by atoms with Crippen molar-refractivity contribution < 1.29 is 9.47 Å². The number of halogens is 2. The molecule has 0 aromatic heterocycles. The Morgan fingerprint density at radius 3 is 2.07 bits per heavy atom. The summed E-state index contributed by atoms with van der Waals surface area (Å²) < 4.78 is 10.7. The maximum absolute atomic E-state index is 6.14. The molecule has 2 aromatic rings. The SMILES string of the molecule is C#CC#COc1ccc(-c2cc(CCl)c(C)cc2CCl)cc1OC#CC#C. The first-order valence-electron chi connectivity index (χ1n) is 7.78. The predicted molar refractivity (Wildman–Crippen MR) is 110 cm³/mol. The number of ether oxygens (including phenoxy) is 2. The zero-order chi connectivity index (χ0) is 19.6. The van der Waals surface area contributed by atoms with Gasteiger partial charge in [-0.3, -0.25) is 0 Å². The van der Waals surface area contributed by atoms with E-state index in [-0.39, 0.29) is 0 Å². The summed E-state index contributed by atoms with van der Waals surface area (Å²) >= 11 is 12.2. The summed E-state index contributed by atoms with van der Waals surface area (Å²) in [6, 6.07) is 9.40. The molecule has 132 valence electrons. The fourth-order valence-electron chi connectivity index (χ4n) is 2.40. The van der Waals surface area contributed by atoms with Crippen molar-refractivity contribution >= 4 is 23.2 Å². The molecule has 0 bridgehead atoms. The molecule has 0 radical (unpaired) electrons. The maximum atomic E-state index is 6.14. The average molecular weight is 393 g/mol. The van der Waals surface area contributed by atoms with Crippen molar-refractivity contribution in [1.82, 2.24) is 0 Å². The van der Waals surface area contributed by atoms with E-state index >= 15 is 0 Å². The normalized spacial score (nSPS) is 8.93. The van der Waals surface area contributed by atoms with Crippen LogP contribution in [0, 0.1) is 55.7 Å². The van der Waals surface area contributed by atoms with Crippen LogP contribution < -0.4 is 9.47 Å². The Morgan fingerprint density at radius 1 is 0.852 bits per heavy atom. The number of alkyl halides is 2. The van der Waals surface area contributed by atoms with E-state index in [1.54, 1.807) is 12.1 Å². The van der Waals surface area contributed by atoms with Gasteiger partial charge in [0.25, 0.3) is 0 Å². The largest absolute Gasteiger partial charge is 0.403 e. The van der Waals surface area contributed by atoms with Crippen LogP contribution in [-0.4, -0.2) is 0 Å². The smallest absolute Gasteiger partial charge is 0.184 e. The first kappa shape index (κ1) is 20.2. The minimum absolute atomic E-state index is 0.357. The van der Waals surface area contributed by atoms with Crippen molar-refractivity contribution in [3.05, 3.63) is 47.0 Å². The molecular weight excluding hydrogens is 379 g/mol. The van der Waals surface area contributed by atoms with Crippen molar-refractivity contribution in [2.75, 3.05) is 0 Å². The highest BCUT2D eigenvalue weighted by Gasteiger charge is 2.13. The third kappa shape index (κ3) is 5.17. The molecule has 4 heteroatoms. The second-order valence-corrected chi connectivity index (χ2v) is 5.85. The van der Waals surface area contributed by atoms with Crippen LogP contribution in [0.4, 0.5) is 0 Å².